The van der Waals surface area contributed by atoms with E-state index in [-0.39, 0.29) is 11.5 Å². The second-order valence-electron chi connectivity index (χ2n) is 5.91. The van der Waals surface area contributed by atoms with E-state index < -0.39 is 10.0 Å². The van der Waals surface area contributed by atoms with Gasteiger partial charge in [0.05, 0.1) is 27.6 Å². The summed E-state index contributed by atoms with van der Waals surface area (Å²) in [6, 6.07) is 3.60. The van der Waals surface area contributed by atoms with Crippen molar-refractivity contribution in [2.24, 2.45) is 0 Å². The molecule has 0 saturated heterocycles. The first-order chi connectivity index (χ1) is 13.2. The van der Waals surface area contributed by atoms with Crippen LogP contribution in [-0.2, 0) is 16.4 Å². The molecule has 1 N–H and O–H groups in total. The molecular weight excluding hydrogens is 440 g/mol. The van der Waals surface area contributed by atoms with Crippen LogP contribution < -0.4 is 4.72 Å². The van der Waals surface area contributed by atoms with Crippen molar-refractivity contribution >= 4 is 50.2 Å². The van der Waals surface area contributed by atoms with E-state index >= 15 is 0 Å². The molecule has 150 valence electrons. The van der Waals surface area contributed by atoms with E-state index in [2.05, 4.69) is 19.9 Å². The molecule has 3 heterocycles. The third-order valence-electron chi connectivity index (χ3n) is 3.50. The number of Topliss-reactive ketones (excluding diaryl/α,β-unsaturated/α-hetero) is 1. The van der Waals surface area contributed by atoms with Crippen LogP contribution in [0, 0.1) is 13.8 Å². The van der Waals surface area contributed by atoms with Gasteiger partial charge in [0, 0.05) is 11.4 Å². The molecule has 3 rings (SSSR count). The Hall–Kier alpha value is -1.60. The Balaban J connectivity index is 1.54. The number of sulfonamides is 1. The molecule has 12 heteroatoms. The van der Waals surface area contributed by atoms with Gasteiger partial charge in [0.15, 0.2) is 5.78 Å². The van der Waals surface area contributed by atoms with Gasteiger partial charge in [0.1, 0.15) is 4.88 Å². The molecule has 0 atom stereocenters. The fraction of sp³-hybridized carbons (Fsp3) is 0.375. The van der Waals surface area contributed by atoms with Gasteiger partial charge in [-0.2, -0.15) is 0 Å². The van der Waals surface area contributed by atoms with E-state index in [1.54, 1.807) is 6.07 Å². The number of hydrogen-bond acceptors (Lipinski definition) is 10. The number of nitrogens with one attached hydrogen (secondary N) is 1. The summed E-state index contributed by atoms with van der Waals surface area (Å²) in [5, 5.41) is 9.29. The van der Waals surface area contributed by atoms with Crippen LogP contribution in [0.5, 0.6) is 0 Å². The highest BCUT2D eigenvalue weighted by Crippen LogP contribution is 2.31. The standard InChI is InChI=1S/C16H18N4O4S4/c1-9-14(26-10(2)18-9)15-19-20-16(24-15)25-8-12(21)13-5-4-11(27-13)6-7-17-28(3,22)23/h4-5,17H,6-8H2,1-3H3. The molecule has 0 fully saturated rings. The molecule has 3 aromatic heterocycles. The van der Waals surface area contributed by atoms with Gasteiger partial charge in [-0.15, -0.1) is 32.9 Å². The van der Waals surface area contributed by atoms with E-state index in [9.17, 15) is 13.2 Å². The van der Waals surface area contributed by atoms with Crippen LogP contribution in [0.4, 0.5) is 0 Å². The molecule has 0 amide bonds. The number of aromatic nitrogens is 3. The van der Waals surface area contributed by atoms with Crippen LogP contribution in [0.3, 0.4) is 0 Å². The largest absolute Gasteiger partial charge is 0.410 e. The highest BCUT2D eigenvalue weighted by molar-refractivity contribution is 7.99. The predicted molar refractivity (Wildman–Crippen MR) is 111 cm³/mol. The molecule has 0 radical (unpaired) electrons. The van der Waals surface area contributed by atoms with Gasteiger partial charge >= 0.3 is 0 Å². The maximum Gasteiger partial charge on any atom is 0.277 e. The number of aryl methyl sites for hydroxylation is 2. The van der Waals surface area contributed by atoms with Crippen molar-refractivity contribution in [2.75, 3.05) is 18.6 Å². The lowest BCUT2D eigenvalue weighted by molar-refractivity contribution is 0.102. The van der Waals surface area contributed by atoms with Gasteiger partial charge in [0.2, 0.25) is 10.0 Å². The van der Waals surface area contributed by atoms with Gasteiger partial charge in [0.25, 0.3) is 11.1 Å². The molecule has 0 aliphatic rings. The Morgan fingerprint density at radius 2 is 2.04 bits per heavy atom. The Bertz CT molecular complexity index is 1080. The maximum atomic E-state index is 12.4. The zero-order valence-electron chi connectivity index (χ0n) is 15.4. The lowest BCUT2D eigenvalue weighted by atomic mass is 10.3. The number of hydrogen-bond donors (Lipinski definition) is 1. The minimum atomic E-state index is -3.20. The summed E-state index contributed by atoms with van der Waals surface area (Å²) < 4.78 is 30.2. The first-order valence-electron chi connectivity index (χ1n) is 8.18. The summed E-state index contributed by atoms with van der Waals surface area (Å²) in [5.41, 5.74) is 0.843. The zero-order chi connectivity index (χ0) is 20.3. The summed E-state index contributed by atoms with van der Waals surface area (Å²) in [7, 11) is -3.20. The lowest BCUT2D eigenvalue weighted by Gasteiger charge is -1.99. The fourth-order valence-corrected chi connectivity index (χ4v) is 5.31. The van der Waals surface area contributed by atoms with E-state index in [0.717, 1.165) is 26.7 Å². The van der Waals surface area contributed by atoms with Crippen LogP contribution in [0.25, 0.3) is 10.8 Å². The predicted octanol–water partition coefficient (Wildman–Crippen LogP) is 2.94. The average molecular weight is 459 g/mol. The normalized spacial score (nSPS) is 11.8. The number of carbonyl (C=O) groups is 1. The van der Waals surface area contributed by atoms with Crippen molar-refractivity contribution in [3.05, 3.63) is 32.6 Å². The average Bonchev–Trinajstić information content (AvgIpc) is 3.31. The quantitative estimate of drug-likeness (QED) is 0.384. The van der Waals surface area contributed by atoms with Gasteiger partial charge < -0.3 is 4.42 Å². The van der Waals surface area contributed by atoms with Crippen molar-refractivity contribution in [3.8, 4) is 10.8 Å². The second-order valence-corrected chi connectivity index (χ2v) is 11.0. The smallest absolute Gasteiger partial charge is 0.277 e. The molecule has 28 heavy (non-hydrogen) atoms. The van der Waals surface area contributed by atoms with Crippen molar-refractivity contribution in [2.45, 2.75) is 25.5 Å². The Kier molecular flexibility index (Phi) is 6.65. The lowest BCUT2D eigenvalue weighted by Crippen LogP contribution is -2.23. The summed E-state index contributed by atoms with van der Waals surface area (Å²) in [5.74, 6) is 0.556. The molecule has 3 aromatic rings. The number of thioether (sulfide) groups is 1. The number of nitrogens with zero attached hydrogens (tertiary/aromatic N) is 3. The molecule has 0 aliphatic heterocycles. The van der Waals surface area contributed by atoms with E-state index in [1.165, 1.54) is 34.4 Å². The minimum Gasteiger partial charge on any atom is -0.410 e. The third-order valence-corrected chi connectivity index (χ3v) is 7.30. The van der Waals surface area contributed by atoms with Crippen molar-refractivity contribution < 1.29 is 17.6 Å². The molecule has 0 bridgehead atoms. The Morgan fingerprint density at radius 1 is 1.25 bits per heavy atom. The molecule has 0 unspecified atom stereocenters. The van der Waals surface area contributed by atoms with Crippen LogP contribution in [-0.4, -0.2) is 47.9 Å². The first-order valence-corrected chi connectivity index (χ1v) is 12.7. The number of rotatable bonds is 9. The second kappa shape index (κ2) is 8.82. The first kappa shape index (κ1) is 21.1. The fourth-order valence-electron chi connectivity index (χ4n) is 2.31. The van der Waals surface area contributed by atoms with Crippen LogP contribution >= 0.6 is 34.4 Å². The van der Waals surface area contributed by atoms with Crippen LogP contribution in [0.2, 0.25) is 0 Å². The Labute approximate surface area is 174 Å². The summed E-state index contributed by atoms with van der Waals surface area (Å²) in [4.78, 5) is 19.1. The highest BCUT2D eigenvalue weighted by atomic mass is 32.2. The maximum absolute atomic E-state index is 12.4. The Morgan fingerprint density at radius 3 is 2.71 bits per heavy atom. The van der Waals surface area contributed by atoms with E-state index in [4.69, 9.17) is 4.42 Å². The number of ketones is 1. The highest BCUT2D eigenvalue weighted by Gasteiger charge is 2.17. The summed E-state index contributed by atoms with van der Waals surface area (Å²) >= 11 is 4.04. The number of carbonyl (C=O) groups excluding carboxylic acids is 1. The summed E-state index contributed by atoms with van der Waals surface area (Å²) in [6.45, 7) is 4.11. The molecule has 8 nitrogen and oxygen atoms in total. The van der Waals surface area contributed by atoms with Crippen LogP contribution in [0.1, 0.15) is 25.3 Å². The van der Waals surface area contributed by atoms with Crippen molar-refractivity contribution in [1.29, 1.82) is 0 Å². The number of thiazole rings is 1. The molecule has 0 aliphatic carbocycles. The topological polar surface area (TPSA) is 115 Å². The van der Waals surface area contributed by atoms with Gasteiger partial charge in [-0.3, -0.25) is 4.79 Å². The zero-order valence-corrected chi connectivity index (χ0v) is 18.6. The van der Waals surface area contributed by atoms with Crippen molar-refractivity contribution in [1.82, 2.24) is 19.9 Å². The van der Waals surface area contributed by atoms with Gasteiger partial charge in [-0.1, -0.05) is 11.8 Å². The molecular formula is C16H18N4O4S4. The van der Waals surface area contributed by atoms with E-state index in [0.29, 0.717) is 29.0 Å². The van der Waals surface area contributed by atoms with E-state index in [1.807, 2.05) is 19.9 Å². The number of thiophene rings is 1. The third kappa shape index (κ3) is 5.70. The summed E-state index contributed by atoms with van der Waals surface area (Å²) in [6.07, 6.45) is 1.66. The molecule has 0 saturated carbocycles. The monoisotopic (exact) mass is 458 g/mol. The molecule has 0 spiro atoms. The minimum absolute atomic E-state index is 0.0399. The van der Waals surface area contributed by atoms with Gasteiger partial charge in [-0.25, -0.2) is 18.1 Å². The SMILES string of the molecule is Cc1nc(C)c(-c2nnc(SCC(=O)c3ccc(CCNS(C)(=O)=O)s3)o2)s1. The molecule has 0 aromatic carbocycles. The van der Waals surface area contributed by atoms with Crippen molar-refractivity contribution in [3.63, 3.8) is 0 Å². The van der Waals surface area contributed by atoms with Crippen LogP contribution in [0.15, 0.2) is 21.8 Å². The van der Waals surface area contributed by atoms with Gasteiger partial charge in [-0.05, 0) is 32.4 Å².